The smallest absolute Gasteiger partial charge is 0.185 e. The van der Waals surface area contributed by atoms with E-state index in [2.05, 4.69) is 11.4 Å². The molecule has 0 bridgehead atoms. The molecule has 2 aromatic rings. The van der Waals surface area contributed by atoms with Crippen LogP contribution in [0.15, 0.2) is 60.7 Å². The molecule has 2 aromatic carbocycles. The highest BCUT2D eigenvalue weighted by Gasteiger charge is 2.17. The lowest BCUT2D eigenvalue weighted by molar-refractivity contribution is 0.104. The van der Waals surface area contributed by atoms with Gasteiger partial charge in [0, 0.05) is 18.3 Å². The second-order valence-corrected chi connectivity index (χ2v) is 7.21. The first-order valence-electron chi connectivity index (χ1n) is 10.8. The number of benzene rings is 2. The van der Waals surface area contributed by atoms with Gasteiger partial charge in [0.05, 0.1) is 12.2 Å². The van der Waals surface area contributed by atoms with Crippen LogP contribution >= 0.6 is 0 Å². The minimum absolute atomic E-state index is 0.127. The van der Waals surface area contributed by atoms with E-state index in [4.69, 9.17) is 4.74 Å². The van der Waals surface area contributed by atoms with Gasteiger partial charge < -0.3 is 15.2 Å². The normalized spacial score (nSPS) is 11.6. The molecule has 4 heteroatoms. The number of carbonyl (C=O) groups is 1. The van der Waals surface area contributed by atoms with Crippen molar-refractivity contribution in [2.75, 3.05) is 19.0 Å². The molecule has 0 aromatic heterocycles. The Kier molecular flexibility index (Phi) is 9.63. The van der Waals surface area contributed by atoms with Crippen LogP contribution in [-0.2, 0) is 12.8 Å². The molecule has 0 spiro atoms. The molecule has 4 nitrogen and oxygen atoms in total. The number of phenols is 1. The average molecular weight is 420 g/mol. The number of hydrogen-bond donors (Lipinski definition) is 2. The number of anilines is 1. The van der Waals surface area contributed by atoms with E-state index in [9.17, 15) is 9.90 Å². The number of ketones is 1. The lowest BCUT2D eigenvalue weighted by Gasteiger charge is -2.17. The predicted molar refractivity (Wildman–Crippen MR) is 130 cm³/mol. The quantitative estimate of drug-likeness (QED) is 0.253. The third-order valence-corrected chi connectivity index (χ3v) is 4.90. The fourth-order valence-corrected chi connectivity index (χ4v) is 3.18. The molecule has 0 saturated heterocycles. The number of hydrogen-bond acceptors (Lipinski definition) is 4. The number of allylic oxidation sites excluding steroid dienone is 5. The summed E-state index contributed by atoms with van der Waals surface area (Å²) in [6, 6.07) is 9.29. The van der Waals surface area contributed by atoms with Crippen LogP contribution in [0.5, 0.6) is 11.5 Å². The van der Waals surface area contributed by atoms with Crippen LogP contribution in [-0.4, -0.2) is 24.5 Å². The van der Waals surface area contributed by atoms with Crippen LogP contribution in [0.25, 0.3) is 6.08 Å². The first kappa shape index (κ1) is 24.0. The lowest BCUT2D eigenvalue weighted by Crippen LogP contribution is -2.03. The SMILES string of the molecule is C/C=C/Cc1cc(C/C=C/C)c(OCCC)c(/C=C/C(=O)c2ccc(NC)cc2)c1O. The zero-order chi connectivity index (χ0) is 22.6. The predicted octanol–water partition coefficient (Wildman–Crippen LogP) is 6.36. The highest BCUT2D eigenvalue weighted by molar-refractivity contribution is 6.07. The summed E-state index contributed by atoms with van der Waals surface area (Å²) in [4.78, 5) is 12.7. The Morgan fingerprint density at radius 1 is 1.06 bits per heavy atom. The van der Waals surface area contributed by atoms with Crippen LogP contribution in [0, 0.1) is 0 Å². The lowest BCUT2D eigenvalue weighted by atomic mass is 9.97. The molecule has 0 unspecified atom stereocenters. The van der Waals surface area contributed by atoms with Crippen molar-refractivity contribution in [2.45, 2.75) is 40.0 Å². The highest BCUT2D eigenvalue weighted by Crippen LogP contribution is 2.37. The Hall–Kier alpha value is -3.27. The van der Waals surface area contributed by atoms with Crippen LogP contribution in [0.1, 0.15) is 54.2 Å². The zero-order valence-corrected chi connectivity index (χ0v) is 18.9. The fourth-order valence-electron chi connectivity index (χ4n) is 3.18. The van der Waals surface area contributed by atoms with Gasteiger partial charge in [-0.15, -0.1) is 0 Å². The number of rotatable bonds is 11. The maximum absolute atomic E-state index is 12.7. The van der Waals surface area contributed by atoms with Crippen molar-refractivity contribution >= 4 is 17.5 Å². The molecule has 0 atom stereocenters. The van der Waals surface area contributed by atoms with Gasteiger partial charge in [-0.1, -0.05) is 31.2 Å². The zero-order valence-electron chi connectivity index (χ0n) is 18.9. The van der Waals surface area contributed by atoms with E-state index in [-0.39, 0.29) is 11.5 Å². The molecule has 164 valence electrons. The molecular formula is C27H33NO3. The van der Waals surface area contributed by atoms with Crippen LogP contribution in [0.4, 0.5) is 5.69 Å². The third-order valence-electron chi connectivity index (χ3n) is 4.90. The summed E-state index contributed by atoms with van der Waals surface area (Å²) < 4.78 is 6.04. The maximum atomic E-state index is 12.7. The van der Waals surface area contributed by atoms with Crippen LogP contribution in [0.3, 0.4) is 0 Å². The van der Waals surface area contributed by atoms with Crippen LogP contribution < -0.4 is 10.1 Å². The Balaban J connectivity index is 2.51. The molecular weight excluding hydrogens is 386 g/mol. The van der Waals surface area contributed by atoms with Gasteiger partial charge in [0.1, 0.15) is 11.5 Å². The van der Waals surface area contributed by atoms with Gasteiger partial charge in [0.25, 0.3) is 0 Å². The van der Waals surface area contributed by atoms with E-state index in [1.165, 1.54) is 6.08 Å². The van der Waals surface area contributed by atoms with E-state index in [0.717, 1.165) is 23.2 Å². The summed E-state index contributed by atoms with van der Waals surface area (Å²) in [5.74, 6) is 0.664. The molecule has 0 aliphatic heterocycles. The number of carbonyl (C=O) groups excluding carboxylic acids is 1. The van der Waals surface area contributed by atoms with Crippen molar-refractivity contribution in [3.8, 4) is 11.5 Å². The van der Waals surface area contributed by atoms with E-state index < -0.39 is 0 Å². The van der Waals surface area contributed by atoms with Gasteiger partial charge >= 0.3 is 0 Å². The van der Waals surface area contributed by atoms with Gasteiger partial charge in [-0.25, -0.2) is 0 Å². The van der Waals surface area contributed by atoms with Gasteiger partial charge in [0.15, 0.2) is 5.78 Å². The standard InChI is InChI=1S/C27H33NO3/c1-5-8-10-21-19-22(11-9-6-2)27(31-18-7-3)24(26(21)30)16-17-25(29)20-12-14-23(28-4)15-13-20/h5-6,8-9,12-17,19,28,30H,7,10-11,18H2,1-4H3/b8-5+,9-6+,17-16+. The van der Waals surface area contributed by atoms with Gasteiger partial charge in [-0.2, -0.15) is 0 Å². The monoisotopic (exact) mass is 419 g/mol. The Labute approximate surface area is 186 Å². The number of nitrogens with one attached hydrogen (secondary N) is 1. The number of aromatic hydroxyl groups is 1. The largest absolute Gasteiger partial charge is 0.507 e. The molecule has 0 heterocycles. The minimum atomic E-state index is -0.127. The summed E-state index contributed by atoms with van der Waals surface area (Å²) >= 11 is 0. The fraction of sp³-hybridized carbons (Fsp3) is 0.296. The highest BCUT2D eigenvalue weighted by atomic mass is 16.5. The Bertz CT molecular complexity index is 953. The molecule has 0 aliphatic rings. The van der Waals surface area contributed by atoms with Crippen molar-refractivity contribution in [2.24, 2.45) is 0 Å². The van der Waals surface area contributed by atoms with Crippen LogP contribution in [0.2, 0.25) is 0 Å². The van der Waals surface area contributed by atoms with Crippen molar-refractivity contribution in [1.29, 1.82) is 0 Å². The molecule has 2 rings (SSSR count). The van der Waals surface area contributed by atoms with E-state index in [0.29, 0.717) is 36.3 Å². The summed E-state index contributed by atoms with van der Waals surface area (Å²) in [5.41, 5.74) is 3.89. The summed E-state index contributed by atoms with van der Waals surface area (Å²) in [5, 5.41) is 14.0. The molecule has 31 heavy (non-hydrogen) atoms. The summed E-state index contributed by atoms with van der Waals surface area (Å²) in [7, 11) is 1.84. The molecule has 2 N–H and O–H groups in total. The second-order valence-electron chi connectivity index (χ2n) is 7.21. The molecule has 0 radical (unpaired) electrons. The molecule has 0 aliphatic carbocycles. The molecule has 0 fully saturated rings. The summed E-state index contributed by atoms with van der Waals surface area (Å²) in [6.07, 6.45) is 13.3. The second kappa shape index (κ2) is 12.4. The topological polar surface area (TPSA) is 58.6 Å². The van der Waals surface area contributed by atoms with E-state index in [1.54, 1.807) is 18.2 Å². The maximum Gasteiger partial charge on any atom is 0.185 e. The van der Waals surface area contributed by atoms with Crippen molar-refractivity contribution in [1.82, 2.24) is 0 Å². The van der Waals surface area contributed by atoms with Gasteiger partial charge in [-0.05, 0) is 86.7 Å². The van der Waals surface area contributed by atoms with Gasteiger partial charge in [-0.3, -0.25) is 4.79 Å². The first-order chi connectivity index (χ1) is 15.0. The molecule has 0 amide bonds. The number of phenolic OH excluding ortho intramolecular Hbond substituents is 1. The Morgan fingerprint density at radius 2 is 1.71 bits per heavy atom. The van der Waals surface area contributed by atoms with Crippen molar-refractivity contribution < 1.29 is 14.6 Å². The van der Waals surface area contributed by atoms with E-state index >= 15 is 0 Å². The average Bonchev–Trinajstić information content (AvgIpc) is 2.80. The Morgan fingerprint density at radius 3 is 2.29 bits per heavy atom. The first-order valence-corrected chi connectivity index (χ1v) is 10.8. The minimum Gasteiger partial charge on any atom is -0.507 e. The third kappa shape index (κ3) is 6.61. The molecule has 0 saturated carbocycles. The van der Waals surface area contributed by atoms with Gasteiger partial charge in [0.2, 0.25) is 0 Å². The van der Waals surface area contributed by atoms with Crippen molar-refractivity contribution in [3.05, 3.63) is 83.0 Å². The summed E-state index contributed by atoms with van der Waals surface area (Å²) in [6.45, 7) is 6.51. The number of ether oxygens (including phenoxy) is 1. The van der Waals surface area contributed by atoms with E-state index in [1.807, 2.05) is 64.2 Å². The van der Waals surface area contributed by atoms with Crippen molar-refractivity contribution in [3.63, 3.8) is 0 Å².